The molecule has 9 nitrogen and oxygen atoms in total. The number of Topliss-reactive ketones (excluding diaryl/α,β-unsaturated/α-hetero) is 2. The highest BCUT2D eigenvalue weighted by molar-refractivity contribution is 7.91. The van der Waals surface area contributed by atoms with Gasteiger partial charge in [0.1, 0.15) is 5.78 Å². The molecular weight excluding hydrogens is 410 g/mol. The number of carbonyl (C=O) groups is 3. The van der Waals surface area contributed by atoms with Crippen LogP contribution in [0.3, 0.4) is 0 Å². The standard InChI is InChI=1S/C20H23N3O6S/c1-12(2)15(11-30(27,28)14-6-4-3-5-7-14)16(24)8-13-9-17-22-23-18(29-17)10-21-20(26)19(13)25/h3-7,12-13,15H,8-11H2,1-2H3,(H,21,26). The third-order valence-electron chi connectivity index (χ3n) is 5.09. The smallest absolute Gasteiger partial charge is 0.288 e. The molecule has 1 N–H and O–H groups in total. The van der Waals surface area contributed by atoms with Crippen LogP contribution in [0, 0.1) is 17.8 Å². The van der Waals surface area contributed by atoms with Gasteiger partial charge in [0.2, 0.25) is 17.6 Å². The number of fused-ring (bicyclic) bond motifs is 2. The average Bonchev–Trinajstić information content (AvgIpc) is 3.17. The number of hydrogen-bond acceptors (Lipinski definition) is 8. The number of amides is 1. The van der Waals surface area contributed by atoms with Crippen molar-refractivity contribution in [2.45, 2.75) is 38.1 Å². The van der Waals surface area contributed by atoms with Crippen molar-refractivity contribution in [2.24, 2.45) is 17.8 Å². The van der Waals surface area contributed by atoms with Gasteiger partial charge in [-0.2, -0.15) is 0 Å². The summed E-state index contributed by atoms with van der Waals surface area (Å²) in [5.41, 5.74) is 0. The Morgan fingerprint density at radius 2 is 1.83 bits per heavy atom. The largest absolute Gasteiger partial charge is 0.423 e. The first-order chi connectivity index (χ1) is 14.2. The van der Waals surface area contributed by atoms with Gasteiger partial charge in [-0.15, -0.1) is 10.2 Å². The molecule has 1 amide bonds. The van der Waals surface area contributed by atoms with Crippen molar-refractivity contribution in [3.63, 3.8) is 0 Å². The minimum atomic E-state index is -3.69. The first-order valence-electron chi connectivity index (χ1n) is 9.61. The van der Waals surface area contributed by atoms with Crippen molar-refractivity contribution in [1.82, 2.24) is 15.5 Å². The van der Waals surface area contributed by atoms with Gasteiger partial charge in [0, 0.05) is 24.7 Å². The second kappa shape index (κ2) is 8.86. The third-order valence-corrected chi connectivity index (χ3v) is 6.88. The van der Waals surface area contributed by atoms with Gasteiger partial charge in [0.05, 0.1) is 17.2 Å². The monoisotopic (exact) mass is 433 g/mol. The van der Waals surface area contributed by atoms with Gasteiger partial charge in [0.25, 0.3) is 5.91 Å². The molecule has 1 aliphatic heterocycles. The molecule has 2 bridgehead atoms. The summed E-state index contributed by atoms with van der Waals surface area (Å²) >= 11 is 0. The van der Waals surface area contributed by atoms with Crippen molar-refractivity contribution >= 4 is 27.3 Å². The number of nitrogens with one attached hydrogen (secondary N) is 1. The first-order valence-corrected chi connectivity index (χ1v) is 11.3. The summed E-state index contributed by atoms with van der Waals surface area (Å²) in [6.07, 6.45) is -0.335. The molecule has 0 spiro atoms. The number of benzene rings is 1. The zero-order chi connectivity index (χ0) is 21.9. The Morgan fingerprint density at radius 3 is 2.50 bits per heavy atom. The minimum absolute atomic E-state index is 0.0543. The van der Waals surface area contributed by atoms with Crippen molar-refractivity contribution in [3.8, 4) is 0 Å². The lowest BCUT2D eigenvalue weighted by Crippen LogP contribution is -2.38. The normalized spacial score (nSPS) is 18.3. The fourth-order valence-electron chi connectivity index (χ4n) is 3.35. The number of aromatic nitrogens is 2. The van der Waals surface area contributed by atoms with Crippen molar-refractivity contribution < 1.29 is 27.2 Å². The van der Waals surface area contributed by atoms with Gasteiger partial charge >= 0.3 is 0 Å². The topological polar surface area (TPSA) is 136 Å². The van der Waals surface area contributed by atoms with Crippen LogP contribution in [-0.2, 0) is 37.2 Å². The van der Waals surface area contributed by atoms with E-state index in [2.05, 4.69) is 15.5 Å². The predicted molar refractivity (Wildman–Crippen MR) is 105 cm³/mol. The van der Waals surface area contributed by atoms with E-state index in [1.165, 1.54) is 12.1 Å². The van der Waals surface area contributed by atoms with Crippen molar-refractivity contribution in [2.75, 3.05) is 5.75 Å². The van der Waals surface area contributed by atoms with Crippen LogP contribution < -0.4 is 5.32 Å². The van der Waals surface area contributed by atoms with Gasteiger partial charge in [-0.3, -0.25) is 14.4 Å². The quantitative estimate of drug-likeness (QED) is 0.642. The fraction of sp³-hybridized carbons (Fsp3) is 0.450. The molecule has 30 heavy (non-hydrogen) atoms. The van der Waals surface area contributed by atoms with E-state index in [1.807, 2.05) is 0 Å². The number of carbonyl (C=O) groups excluding carboxylic acids is 3. The van der Waals surface area contributed by atoms with E-state index >= 15 is 0 Å². The molecule has 0 radical (unpaired) electrons. The summed E-state index contributed by atoms with van der Waals surface area (Å²) in [5, 5.41) is 9.99. The van der Waals surface area contributed by atoms with E-state index in [1.54, 1.807) is 32.0 Å². The van der Waals surface area contributed by atoms with E-state index in [0.29, 0.717) is 0 Å². The molecule has 2 atom stereocenters. The maximum Gasteiger partial charge on any atom is 0.288 e. The summed E-state index contributed by atoms with van der Waals surface area (Å²) in [5.74, 6) is -4.10. The van der Waals surface area contributed by atoms with Gasteiger partial charge in [-0.25, -0.2) is 8.42 Å². The summed E-state index contributed by atoms with van der Waals surface area (Å²) in [4.78, 5) is 37.8. The second-order valence-electron chi connectivity index (χ2n) is 7.65. The zero-order valence-corrected chi connectivity index (χ0v) is 17.5. The predicted octanol–water partition coefficient (Wildman–Crippen LogP) is 1.13. The molecule has 3 rings (SSSR count). The molecule has 0 aliphatic carbocycles. The summed E-state index contributed by atoms with van der Waals surface area (Å²) in [7, 11) is -3.69. The fourth-order valence-corrected chi connectivity index (χ4v) is 5.16. The molecule has 1 aromatic carbocycles. The summed E-state index contributed by atoms with van der Waals surface area (Å²) < 4.78 is 30.9. The Kier molecular flexibility index (Phi) is 6.45. The van der Waals surface area contributed by atoms with Crippen LogP contribution in [0.5, 0.6) is 0 Å². The Balaban J connectivity index is 1.80. The lowest BCUT2D eigenvalue weighted by Gasteiger charge is -2.22. The van der Waals surface area contributed by atoms with Gasteiger partial charge in [-0.1, -0.05) is 32.0 Å². The SMILES string of the molecule is CC(C)C(CS(=O)(=O)c1ccccc1)C(=O)CC1Cc2nnc(o2)CNC(=O)C1=O. The van der Waals surface area contributed by atoms with Crippen LogP contribution in [-0.4, -0.2) is 41.8 Å². The molecule has 1 aliphatic rings. The van der Waals surface area contributed by atoms with Crippen LogP contribution >= 0.6 is 0 Å². The number of sulfone groups is 1. The molecule has 2 unspecified atom stereocenters. The zero-order valence-electron chi connectivity index (χ0n) is 16.7. The van der Waals surface area contributed by atoms with Gasteiger partial charge in [-0.05, 0) is 18.1 Å². The highest BCUT2D eigenvalue weighted by Gasteiger charge is 2.35. The van der Waals surface area contributed by atoms with E-state index in [4.69, 9.17) is 4.42 Å². The Hall–Kier alpha value is -2.88. The molecule has 1 aromatic heterocycles. The molecule has 0 saturated carbocycles. The number of rotatable bonds is 7. The first kappa shape index (κ1) is 21.8. The van der Waals surface area contributed by atoms with Crippen LogP contribution in [0.1, 0.15) is 32.0 Å². The molecule has 160 valence electrons. The third kappa shape index (κ3) is 4.99. The van der Waals surface area contributed by atoms with Gasteiger partial charge < -0.3 is 9.73 Å². The van der Waals surface area contributed by atoms with E-state index < -0.39 is 39.1 Å². The van der Waals surface area contributed by atoms with E-state index in [-0.39, 0.29) is 47.7 Å². The lowest BCUT2D eigenvalue weighted by molar-refractivity contribution is -0.141. The van der Waals surface area contributed by atoms with Crippen LogP contribution in [0.2, 0.25) is 0 Å². The van der Waals surface area contributed by atoms with Crippen LogP contribution in [0.4, 0.5) is 0 Å². The Morgan fingerprint density at radius 1 is 1.17 bits per heavy atom. The summed E-state index contributed by atoms with van der Waals surface area (Å²) in [6.45, 7) is 3.44. The Bertz CT molecular complexity index is 1050. The maximum atomic E-state index is 13.0. The molecule has 2 heterocycles. The number of nitrogens with zero attached hydrogens (tertiary/aromatic N) is 2. The lowest BCUT2D eigenvalue weighted by atomic mass is 9.85. The van der Waals surface area contributed by atoms with Gasteiger partial charge in [0.15, 0.2) is 9.84 Å². The van der Waals surface area contributed by atoms with Crippen molar-refractivity contribution in [3.05, 3.63) is 42.1 Å². The summed E-state index contributed by atoms with van der Waals surface area (Å²) in [6, 6.07) is 7.91. The number of ketones is 2. The molecule has 0 saturated heterocycles. The Labute approximate surface area is 174 Å². The van der Waals surface area contributed by atoms with E-state index in [0.717, 1.165) is 0 Å². The molecule has 2 aromatic rings. The van der Waals surface area contributed by atoms with Crippen LogP contribution in [0.25, 0.3) is 0 Å². The number of hydrogen-bond donors (Lipinski definition) is 1. The highest BCUT2D eigenvalue weighted by Crippen LogP contribution is 2.24. The molecular formula is C20H23N3O6S. The molecule has 10 heteroatoms. The highest BCUT2D eigenvalue weighted by atomic mass is 32.2. The maximum absolute atomic E-state index is 13.0. The average molecular weight is 433 g/mol. The van der Waals surface area contributed by atoms with Crippen LogP contribution in [0.15, 0.2) is 39.6 Å². The molecule has 0 fully saturated rings. The van der Waals surface area contributed by atoms with Crippen molar-refractivity contribution in [1.29, 1.82) is 0 Å². The van der Waals surface area contributed by atoms with E-state index in [9.17, 15) is 22.8 Å². The second-order valence-corrected chi connectivity index (χ2v) is 9.69. The minimum Gasteiger partial charge on any atom is -0.423 e.